The number of hydrogen-bond donors (Lipinski definition) is 1. The first-order valence-electron chi connectivity index (χ1n) is 6.02. The predicted molar refractivity (Wildman–Crippen MR) is 82.9 cm³/mol. The van der Waals surface area contributed by atoms with Crippen molar-refractivity contribution in [3.8, 4) is 0 Å². The van der Waals surface area contributed by atoms with E-state index in [2.05, 4.69) is 35.3 Å². The third-order valence-corrected chi connectivity index (χ3v) is 5.05. The van der Waals surface area contributed by atoms with Gasteiger partial charge in [-0.1, -0.05) is 41.3 Å². The summed E-state index contributed by atoms with van der Waals surface area (Å²) in [4.78, 5) is 1.98. The van der Waals surface area contributed by atoms with E-state index in [4.69, 9.17) is 5.73 Å². The maximum atomic E-state index is 5.64. The molecule has 0 aliphatic rings. The van der Waals surface area contributed by atoms with E-state index in [1.165, 1.54) is 16.7 Å². The summed E-state index contributed by atoms with van der Waals surface area (Å²) in [6.45, 7) is 2.72. The van der Waals surface area contributed by atoms with Crippen LogP contribution >= 0.6 is 23.1 Å². The summed E-state index contributed by atoms with van der Waals surface area (Å²) in [7, 11) is 3.95. The van der Waals surface area contributed by atoms with Gasteiger partial charge in [-0.05, 0) is 23.6 Å². The van der Waals surface area contributed by atoms with Crippen LogP contribution in [0.15, 0.2) is 22.5 Å². The lowest BCUT2D eigenvalue weighted by Gasteiger charge is -2.06. The number of aromatic nitrogens is 2. The maximum absolute atomic E-state index is 5.64. The third-order valence-electron chi connectivity index (χ3n) is 2.77. The van der Waals surface area contributed by atoms with Crippen molar-refractivity contribution in [1.29, 1.82) is 0 Å². The van der Waals surface area contributed by atoms with Crippen molar-refractivity contribution in [1.82, 2.24) is 10.2 Å². The van der Waals surface area contributed by atoms with Gasteiger partial charge in [0, 0.05) is 26.4 Å². The molecular formula is C13H18N4S2. The van der Waals surface area contributed by atoms with Crippen molar-refractivity contribution >= 4 is 28.2 Å². The number of thioether (sulfide) groups is 1. The Hall–Kier alpha value is -1.11. The Morgan fingerprint density at radius 2 is 2.11 bits per heavy atom. The van der Waals surface area contributed by atoms with Crippen LogP contribution in [-0.2, 0) is 12.3 Å². The monoisotopic (exact) mass is 294 g/mol. The molecule has 102 valence electrons. The summed E-state index contributed by atoms with van der Waals surface area (Å²) in [5, 5.41) is 9.26. The van der Waals surface area contributed by atoms with Crippen molar-refractivity contribution < 1.29 is 0 Å². The molecule has 0 amide bonds. The quantitative estimate of drug-likeness (QED) is 0.859. The highest BCUT2D eigenvalue weighted by molar-refractivity contribution is 8.00. The number of benzene rings is 1. The standard InChI is InChI=1S/C13H18N4S2/c1-9-6-10(7-14)4-5-11(9)8-18-13-16-15-12(19-13)17(2)3/h4-6H,7-8,14H2,1-3H3. The molecule has 1 heterocycles. The van der Waals surface area contributed by atoms with Crippen LogP contribution in [0.2, 0.25) is 0 Å². The van der Waals surface area contributed by atoms with E-state index >= 15 is 0 Å². The van der Waals surface area contributed by atoms with E-state index in [0.717, 1.165) is 15.2 Å². The number of nitrogens with two attached hydrogens (primary N) is 1. The molecule has 1 aromatic carbocycles. The molecule has 6 heteroatoms. The molecule has 0 bridgehead atoms. The summed E-state index contributed by atoms with van der Waals surface area (Å²) >= 11 is 3.35. The lowest BCUT2D eigenvalue weighted by Crippen LogP contribution is -2.07. The number of hydrogen-bond acceptors (Lipinski definition) is 6. The van der Waals surface area contributed by atoms with Crippen molar-refractivity contribution in [2.45, 2.75) is 23.6 Å². The Morgan fingerprint density at radius 1 is 1.32 bits per heavy atom. The van der Waals surface area contributed by atoms with Crippen LogP contribution in [0.25, 0.3) is 0 Å². The molecule has 0 aliphatic heterocycles. The lowest BCUT2D eigenvalue weighted by atomic mass is 10.1. The van der Waals surface area contributed by atoms with Gasteiger partial charge >= 0.3 is 0 Å². The summed E-state index contributed by atoms with van der Waals surface area (Å²) < 4.78 is 1.01. The fourth-order valence-electron chi connectivity index (χ4n) is 1.63. The van der Waals surface area contributed by atoms with Crippen LogP contribution in [0.4, 0.5) is 5.13 Å². The molecule has 0 aliphatic carbocycles. The average molecular weight is 294 g/mol. The fraction of sp³-hybridized carbons (Fsp3) is 0.385. The second-order valence-electron chi connectivity index (χ2n) is 4.50. The van der Waals surface area contributed by atoms with Crippen LogP contribution in [0.1, 0.15) is 16.7 Å². The molecule has 0 saturated carbocycles. The number of aryl methyl sites for hydroxylation is 1. The van der Waals surface area contributed by atoms with Crippen molar-refractivity contribution in [2.24, 2.45) is 5.73 Å². The highest BCUT2D eigenvalue weighted by atomic mass is 32.2. The summed E-state index contributed by atoms with van der Waals surface area (Å²) in [5.41, 5.74) is 9.42. The summed E-state index contributed by atoms with van der Waals surface area (Å²) in [6, 6.07) is 6.40. The first-order valence-corrected chi connectivity index (χ1v) is 7.82. The van der Waals surface area contributed by atoms with E-state index < -0.39 is 0 Å². The van der Waals surface area contributed by atoms with Gasteiger partial charge in [0.15, 0.2) is 4.34 Å². The minimum Gasteiger partial charge on any atom is -0.353 e. The zero-order chi connectivity index (χ0) is 13.8. The van der Waals surface area contributed by atoms with Gasteiger partial charge in [-0.3, -0.25) is 0 Å². The Kier molecular flexibility index (Phi) is 4.79. The number of anilines is 1. The molecule has 4 nitrogen and oxygen atoms in total. The molecule has 0 atom stereocenters. The molecule has 0 fully saturated rings. The van der Waals surface area contributed by atoms with Crippen LogP contribution in [0.3, 0.4) is 0 Å². The van der Waals surface area contributed by atoms with E-state index in [-0.39, 0.29) is 0 Å². The molecule has 0 unspecified atom stereocenters. The van der Waals surface area contributed by atoms with E-state index in [9.17, 15) is 0 Å². The van der Waals surface area contributed by atoms with Crippen LogP contribution in [0, 0.1) is 6.92 Å². The highest BCUT2D eigenvalue weighted by Gasteiger charge is 2.07. The van der Waals surface area contributed by atoms with Gasteiger partial charge in [0.05, 0.1) is 0 Å². The van der Waals surface area contributed by atoms with Crippen molar-refractivity contribution in [3.05, 3.63) is 34.9 Å². The van der Waals surface area contributed by atoms with Crippen molar-refractivity contribution in [3.63, 3.8) is 0 Å². The Bertz CT molecular complexity index is 551. The smallest absolute Gasteiger partial charge is 0.208 e. The third kappa shape index (κ3) is 3.68. The van der Waals surface area contributed by atoms with Crippen LogP contribution in [-0.4, -0.2) is 24.3 Å². The fourth-order valence-corrected chi connectivity index (χ4v) is 3.47. The van der Waals surface area contributed by atoms with E-state index in [1.54, 1.807) is 23.1 Å². The Labute approximate surface area is 122 Å². The summed E-state index contributed by atoms with van der Waals surface area (Å²) in [5.74, 6) is 0.915. The SMILES string of the molecule is Cc1cc(CN)ccc1CSc1nnc(N(C)C)s1. The summed E-state index contributed by atoms with van der Waals surface area (Å²) in [6.07, 6.45) is 0. The molecule has 2 aromatic rings. The zero-order valence-corrected chi connectivity index (χ0v) is 13.0. The molecule has 0 spiro atoms. The van der Waals surface area contributed by atoms with Gasteiger partial charge in [-0.2, -0.15) is 0 Å². The molecule has 1 aromatic heterocycles. The average Bonchev–Trinajstić information content (AvgIpc) is 2.86. The van der Waals surface area contributed by atoms with Gasteiger partial charge in [-0.25, -0.2) is 0 Å². The minimum absolute atomic E-state index is 0.594. The van der Waals surface area contributed by atoms with Gasteiger partial charge in [0.1, 0.15) is 0 Å². The van der Waals surface area contributed by atoms with E-state index in [0.29, 0.717) is 6.54 Å². The van der Waals surface area contributed by atoms with Gasteiger partial charge < -0.3 is 10.6 Å². The molecule has 0 saturated heterocycles. The second-order valence-corrected chi connectivity index (χ2v) is 6.68. The Balaban J connectivity index is 2.01. The topological polar surface area (TPSA) is 55.0 Å². The normalized spacial score (nSPS) is 10.7. The maximum Gasteiger partial charge on any atom is 0.208 e. The minimum atomic E-state index is 0.594. The molecule has 0 radical (unpaired) electrons. The molecule has 2 N–H and O–H groups in total. The predicted octanol–water partition coefficient (Wildman–Crippen LogP) is 2.66. The first kappa shape index (κ1) is 14.3. The number of rotatable bonds is 5. The molecular weight excluding hydrogens is 276 g/mol. The van der Waals surface area contributed by atoms with E-state index in [1.807, 2.05) is 19.0 Å². The zero-order valence-electron chi connectivity index (χ0n) is 11.4. The van der Waals surface area contributed by atoms with Crippen molar-refractivity contribution in [2.75, 3.05) is 19.0 Å². The largest absolute Gasteiger partial charge is 0.353 e. The molecule has 2 rings (SSSR count). The second kappa shape index (κ2) is 6.36. The lowest BCUT2D eigenvalue weighted by molar-refractivity contribution is 0.972. The highest BCUT2D eigenvalue weighted by Crippen LogP contribution is 2.30. The van der Waals surface area contributed by atoms with Crippen LogP contribution in [0.5, 0.6) is 0 Å². The van der Waals surface area contributed by atoms with Gasteiger partial charge in [-0.15, -0.1) is 10.2 Å². The van der Waals surface area contributed by atoms with Gasteiger partial charge in [0.25, 0.3) is 0 Å². The van der Waals surface area contributed by atoms with Crippen LogP contribution < -0.4 is 10.6 Å². The molecule has 19 heavy (non-hydrogen) atoms. The van der Waals surface area contributed by atoms with Gasteiger partial charge in [0.2, 0.25) is 5.13 Å². The Morgan fingerprint density at radius 3 is 2.68 bits per heavy atom. The first-order chi connectivity index (χ1) is 9.10. The number of nitrogens with zero attached hydrogens (tertiary/aromatic N) is 3.